The van der Waals surface area contributed by atoms with Crippen molar-refractivity contribution in [3.63, 3.8) is 0 Å². The Hall–Kier alpha value is -3.67. The molecule has 6 nitrogen and oxygen atoms in total. The zero-order chi connectivity index (χ0) is 23.2. The number of hydrogen-bond acceptors (Lipinski definition) is 4. The lowest BCUT2D eigenvalue weighted by molar-refractivity contribution is -0.140. The molecule has 0 spiro atoms. The van der Waals surface area contributed by atoms with E-state index in [9.17, 15) is 9.59 Å². The fraction of sp³-hybridized carbons (Fsp3) is 0.296. The Morgan fingerprint density at radius 1 is 1.06 bits per heavy atom. The zero-order valence-electron chi connectivity index (χ0n) is 19.1. The van der Waals surface area contributed by atoms with Gasteiger partial charge in [-0.1, -0.05) is 37.3 Å². The highest BCUT2D eigenvalue weighted by atomic mass is 16.5. The number of aromatic nitrogens is 1. The first-order valence-corrected chi connectivity index (χ1v) is 11.3. The third-order valence-corrected chi connectivity index (χ3v) is 6.08. The second-order valence-corrected chi connectivity index (χ2v) is 8.17. The lowest BCUT2D eigenvalue weighted by Crippen LogP contribution is -2.59. The lowest BCUT2D eigenvalue weighted by Gasteiger charge is -2.41. The normalized spacial score (nSPS) is 16.1. The van der Waals surface area contributed by atoms with E-state index in [4.69, 9.17) is 4.74 Å². The molecule has 0 N–H and O–H groups in total. The van der Waals surface area contributed by atoms with E-state index < -0.39 is 6.04 Å². The van der Waals surface area contributed by atoms with Crippen LogP contribution in [0.25, 0.3) is 11.1 Å². The molecular formula is C27H29N3O3. The molecule has 1 fully saturated rings. The van der Waals surface area contributed by atoms with E-state index in [0.717, 1.165) is 23.1 Å². The number of rotatable bonds is 7. The summed E-state index contributed by atoms with van der Waals surface area (Å²) in [4.78, 5) is 34.8. The fourth-order valence-electron chi connectivity index (χ4n) is 4.41. The number of nitrogens with zero attached hydrogens (tertiary/aromatic N) is 3. The highest BCUT2D eigenvalue weighted by molar-refractivity contribution is 5.98. The smallest absolute Gasteiger partial charge is 0.254 e. The molecule has 1 unspecified atom stereocenters. The molecule has 1 aliphatic heterocycles. The Morgan fingerprint density at radius 3 is 2.61 bits per heavy atom. The summed E-state index contributed by atoms with van der Waals surface area (Å²) >= 11 is 0. The minimum Gasteiger partial charge on any atom is -0.497 e. The molecule has 2 aromatic carbocycles. The quantitative estimate of drug-likeness (QED) is 0.552. The Labute approximate surface area is 194 Å². The van der Waals surface area contributed by atoms with Crippen molar-refractivity contribution in [2.24, 2.45) is 0 Å². The Morgan fingerprint density at radius 2 is 1.85 bits per heavy atom. The van der Waals surface area contributed by atoms with Gasteiger partial charge in [0, 0.05) is 44.0 Å². The van der Waals surface area contributed by atoms with Gasteiger partial charge in [0.25, 0.3) is 5.91 Å². The number of carbonyl (C=O) groups excluding carboxylic acids is 2. The van der Waals surface area contributed by atoms with Gasteiger partial charge in [-0.25, -0.2) is 0 Å². The van der Waals surface area contributed by atoms with Crippen LogP contribution < -0.4 is 4.74 Å². The summed E-state index contributed by atoms with van der Waals surface area (Å²) < 4.78 is 5.30. The summed E-state index contributed by atoms with van der Waals surface area (Å²) in [6.07, 6.45) is 4.86. The van der Waals surface area contributed by atoms with E-state index in [1.165, 1.54) is 0 Å². The van der Waals surface area contributed by atoms with Gasteiger partial charge in [-0.05, 0) is 53.4 Å². The van der Waals surface area contributed by atoms with Crippen LogP contribution in [0.15, 0.2) is 73.1 Å². The first-order chi connectivity index (χ1) is 16.1. The lowest BCUT2D eigenvalue weighted by atomic mass is 9.93. The maximum Gasteiger partial charge on any atom is 0.254 e. The summed E-state index contributed by atoms with van der Waals surface area (Å²) in [6.45, 7) is 3.81. The summed E-state index contributed by atoms with van der Waals surface area (Å²) in [5, 5.41) is 0. The van der Waals surface area contributed by atoms with Gasteiger partial charge in [0.05, 0.1) is 7.11 Å². The van der Waals surface area contributed by atoms with Gasteiger partial charge in [-0.15, -0.1) is 0 Å². The Balaban J connectivity index is 1.69. The molecule has 0 radical (unpaired) electrons. The number of amides is 2. The topological polar surface area (TPSA) is 62.7 Å². The average molecular weight is 444 g/mol. The minimum absolute atomic E-state index is 0.00359. The summed E-state index contributed by atoms with van der Waals surface area (Å²) in [5.41, 5.74) is 3.65. The van der Waals surface area contributed by atoms with Crippen LogP contribution in [0.5, 0.6) is 5.75 Å². The number of hydrogen-bond donors (Lipinski definition) is 0. The van der Waals surface area contributed by atoms with E-state index in [-0.39, 0.29) is 11.8 Å². The van der Waals surface area contributed by atoms with Crippen LogP contribution in [0.4, 0.5) is 0 Å². The molecule has 4 rings (SSSR count). The fourth-order valence-corrected chi connectivity index (χ4v) is 4.41. The molecule has 3 aromatic rings. The van der Waals surface area contributed by atoms with Gasteiger partial charge in [-0.3, -0.25) is 14.6 Å². The van der Waals surface area contributed by atoms with Crippen molar-refractivity contribution >= 4 is 11.8 Å². The Bertz CT molecular complexity index is 1120. The van der Waals surface area contributed by atoms with E-state index >= 15 is 0 Å². The van der Waals surface area contributed by atoms with Crippen LogP contribution >= 0.6 is 0 Å². The van der Waals surface area contributed by atoms with Crippen LogP contribution in [-0.4, -0.2) is 59.4 Å². The van der Waals surface area contributed by atoms with Crippen LogP contribution in [0.1, 0.15) is 29.3 Å². The van der Waals surface area contributed by atoms with E-state index in [0.29, 0.717) is 37.4 Å². The van der Waals surface area contributed by atoms with Crippen molar-refractivity contribution in [3.8, 4) is 16.9 Å². The van der Waals surface area contributed by atoms with Crippen LogP contribution in [0.3, 0.4) is 0 Å². The largest absolute Gasteiger partial charge is 0.497 e. The number of pyridine rings is 1. The molecule has 6 heteroatoms. The highest BCUT2D eigenvalue weighted by Gasteiger charge is 2.37. The first kappa shape index (κ1) is 22.5. The maximum atomic E-state index is 13.5. The minimum atomic E-state index is -0.563. The van der Waals surface area contributed by atoms with Gasteiger partial charge in [0.15, 0.2) is 0 Å². The molecule has 0 saturated carbocycles. The molecular weight excluding hydrogens is 414 g/mol. The van der Waals surface area contributed by atoms with Crippen molar-refractivity contribution in [2.75, 3.05) is 26.7 Å². The van der Waals surface area contributed by atoms with E-state index in [2.05, 4.69) is 18.0 Å². The average Bonchev–Trinajstić information content (AvgIpc) is 2.87. The third kappa shape index (κ3) is 4.90. The number of methoxy groups -OCH3 is 1. The van der Waals surface area contributed by atoms with Gasteiger partial charge in [0.1, 0.15) is 11.8 Å². The van der Waals surface area contributed by atoms with E-state index in [1.54, 1.807) is 42.6 Å². The van der Waals surface area contributed by atoms with Crippen molar-refractivity contribution in [2.45, 2.75) is 25.8 Å². The van der Waals surface area contributed by atoms with Crippen molar-refractivity contribution in [1.29, 1.82) is 0 Å². The molecule has 170 valence electrons. The third-order valence-electron chi connectivity index (χ3n) is 6.08. The molecule has 2 heterocycles. The highest BCUT2D eigenvalue weighted by Crippen LogP contribution is 2.27. The second kappa shape index (κ2) is 10.3. The van der Waals surface area contributed by atoms with Crippen molar-refractivity contribution in [3.05, 3.63) is 84.2 Å². The number of benzene rings is 2. The molecule has 0 bridgehead atoms. The van der Waals surface area contributed by atoms with E-state index in [1.807, 2.05) is 41.3 Å². The monoisotopic (exact) mass is 443 g/mol. The predicted octanol–water partition coefficient (Wildman–Crippen LogP) is 4.06. The van der Waals surface area contributed by atoms with Crippen LogP contribution in [-0.2, 0) is 11.2 Å². The number of piperazine rings is 1. The molecule has 33 heavy (non-hydrogen) atoms. The van der Waals surface area contributed by atoms with Gasteiger partial charge < -0.3 is 14.5 Å². The SMILES string of the molecule is CCCN1CCN(C(=O)c2cccc(OC)c2)C(Cc2ccccc2-c2ccncc2)C1=O. The van der Waals surface area contributed by atoms with Crippen LogP contribution in [0.2, 0.25) is 0 Å². The Kier molecular flexibility index (Phi) is 7.03. The standard InChI is InChI=1S/C27H29N3O3/c1-3-15-29-16-17-30(26(31)22-8-6-9-23(18-22)33-2)25(27(29)32)19-21-7-4-5-10-24(21)20-11-13-28-14-12-20/h4-14,18,25H,3,15-17,19H2,1-2H3. The first-order valence-electron chi connectivity index (χ1n) is 11.3. The zero-order valence-corrected chi connectivity index (χ0v) is 19.1. The molecule has 1 aliphatic rings. The summed E-state index contributed by atoms with van der Waals surface area (Å²) in [6, 6.07) is 18.5. The van der Waals surface area contributed by atoms with Gasteiger partial charge in [-0.2, -0.15) is 0 Å². The molecule has 2 amide bonds. The maximum absolute atomic E-state index is 13.5. The molecule has 1 saturated heterocycles. The van der Waals surface area contributed by atoms with Gasteiger partial charge >= 0.3 is 0 Å². The molecule has 1 aromatic heterocycles. The molecule has 0 aliphatic carbocycles. The predicted molar refractivity (Wildman–Crippen MR) is 128 cm³/mol. The number of carbonyl (C=O) groups is 2. The molecule has 1 atom stereocenters. The summed E-state index contributed by atoms with van der Waals surface area (Å²) in [7, 11) is 1.58. The summed E-state index contributed by atoms with van der Waals surface area (Å²) in [5.74, 6) is 0.477. The van der Waals surface area contributed by atoms with Crippen LogP contribution in [0, 0.1) is 0 Å². The van der Waals surface area contributed by atoms with Gasteiger partial charge in [0.2, 0.25) is 5.91 Å². The number of ether oxygens (including phenoxy) is 1. The van der Waals surface area contributed by atoms with Crippen molar-refractivity contribution in [1.82, 2.24) is 14.8 Å². The second-order valence-electron chi connectivity index (χ2n) is 8.17. The van der Waals surface area contributed by atoms with Crippen molar-refractivity contribution < 1.29 is 14.3 Å².